The highest BCUT2D eigenvalue weighted by molar-refractivity contribution is 5.76. The molecule has 0 aromatic carbocycles. The van der Waals surface area contributed by atoms with E-state index in [1.54, 1.807) is 0 Å². The molecule has 0 radical (unpaired) electrons. The van der Waals surface area contributed by atoms with Crippen molar-refractivity contribution in [1.82, 2.24) is 15.1 Å². The number of nitrogens with zero attached hydrogens (tertiary/aromatic N) is 2. The van der Waals surface area contributed by atoms with Gasteiger partial charge >= 0.3 is 0 Å². The van der Waals surface area contributed by atoms with Crippen molar-refractivity contribution in [2.75, 3.05) is 20.3 Å². The molecule has 1 unspecified atom stereocenters. The Morgan fingerprint density at radius 2 is 2.21 bits per heavy atom. The minimum absolute atomic E-state index is 0.0715. The fraction of sp³-hybridized carbons (Fsp3) is 0.692. The number of hydrogen-bond donors (Lipinski definition) is 2. The number of aryl methyl sites for hydroxylation is 2. The van der Waals surface area contributed by atoms with Crippen molar-refractivity contribution in [3.05, 3.63) is 17.0 Å². The molecule has 0 saturated carbocycles. The first-order valence-electron chi connectivity index (χ1n) is 6.38. The van der Waals surface area contributed by atoms with Crippen LogP contribution in [0, 0.1) is 13.8 Å². The van der Waals surface area contributed by atoms with Gasteiger partial charge in [0, 0.05) is 32.8 Å². The van der Waals surface area contributed by atoms with Crippen LogP contribution in [0.2, 0.25) is 0 Å². The second-order valence-electron chi connectivity index (χ2n) is 4.69. The summed E-state index contributed by atoms with van der Waals surface area (Å²) in [6.07, 6.45) is 0.404. The van der Waals surface area contributed by atoms with E-state index in [4.69, 9.17) is 4.74 Å². The lowest BCUT2D eigenvalue weighted by molar-refractivity contribution is -0.121. The maximum atomic E-state index is 11.7. The van der Waals surface area contributed by atoms with E-state index in [1.807, 2.05) is 25.6 Å². The highest BCUT2D eigenvalue weighted by Crippen LogP contribution is 2.13. The summed E-state index contributed by atoms with van der Waals surface area (Å²) in [6, 6.07) is 0. The minimum atomic E-state index is -0.657. The molecule has 1 aromatic heterocycles. The number of hydrogen-bond acceptors (Lipinski definition) is 4. The fourth-order valence-electron chi connectivity index (χ4n) is 1.99. The largest absolute Gasteiger partial charge is 0.389 e. The Hall–Kier alpha value is -1.40. The van der Waals surface area contributed by atoms with Gasteiger partial charge in [-0.2, -0.15) is 5.10 Å². The van der Waals surface area contributed by atoms with Crippen molar-refractivity contribution in [2.24, 2.45) is 7.05 Å². The minimum Gasteiger partial charge on any atom is -0.389 e. The van der Waals surface area contributed by atoms with Crippen LogP contribution >= 0.6 is 0 Å². The molecule has 1 heterocycles. The SMILES string of the molecule is COCC(O)CNC(=O)CCc1c(C)nn(C)c1C. The molecule has 108 valence electrons. The van der Waals surface area contributed by atoms with E-state index < -0.39 is 6.10 Å². The maximum absolute atomic E-state index is 11.7. The number of rotatable bonds is 7. The standard InChI is InChI=1S/C13H23N3O3/c1-9-12(10(2)16(3)15-9)5-6-13(18)14-7-11(17)8-19-4/h11,17H,5-8H2,1-4H3,(H,14,18). The highest BCUT2D eigenvalue weighted by Gasteiger charge is 2.12. The van der Waals surface area contributed by atoms with Crippen molar-refractivity contribution in [3.63, 3.8) is 0 Å². The Balaban J connectivity index is 2.38. The van der Waals surface area contributed by atoms with Gasteiger partial charge in [-0.25, -0.2) is 0 Å². The lowest BCUT2D eigenvalue weighted by atomic mass is 10.1. The van der Waals surface area contributed by atoms with Crippen LogP contribution in [0.15, 0.2) is 0 Å². The van der Waals surface area contributed by atoms with Crippen molar-refractivity contribution < 1.29 is 14.6 Å². The van der Waals surface area contributed by atoms with Gasteiger partial charge in [0.15, 0.2) is 0 Å². The van der Waals surface area contributed by atoms with Gasteiger partial charge in [0.1, 0.15) is 0 Å². The summed E-state index contributed by atoms with van der Waals surface area (Å²) in [6.45, 7) is 4.39. The molecule has 0 saturated heterocycles. The van der Waals surface area contributed by atoms with Gasteiger partial charge in [-0.05, 0) is 25.8 Å². The van der Waals surface area contributed by atoms with Crippen LogP contribution in [0.1, 0.15) is 23.4 Å². The lowest BCUT2D eigenvalue weighted by Gasteiger charge is -2.10. The summed E-state index contributed by atoms with van der Waals surface area (Å²) < 4.78 is 6.61. The third kappa shape index (κ3) is 4.65. The smallest absolute Gasteiger partial charge is 0.220 e. The number of aliphatic hydroxyl groups is 1. The molecule has 0 aliphatic rings. The number of methoxy groups -OCH3 is 1. The molecule has 19 heavy (non-hydrogen) atoms. The number of carbonyl (C=O) groups excluding carboxylic acids is 1. The monoisotopic (exact) mass is 269 g/mol. The average Bonchev–Trinajstić information content (AvgIpc) is 2.59. The summed E-state index contributed by atoms with van der Waals surface area (Å²) in [4.78, 5) is 11.7. The molecule has 0 spiro atoms. The molecule has 6 heteroatoms. The molecule has 0 fully saturated rings. The molecule has 1 amide bonds. The summed E-state index contributed by atoms with van der Waals surface area (Å²) in [7, 11) is 3.41. The van der Waals surface area contributed by atoms with E-state index in [9.17, 15) is 9.90 Å². The van der Waals surface area contributed by atoms with Gasteiger partial charge in [0.05, 0.1) is 18.4 Å². The number of aliphatic hydroxyl groups excluding tert-OH is 1. The molecule has 1 atom stereocenters. The van der Waals surface area contributed by atoms with Crippen LogP contribution in [0.4, 0.5) is 0 Å². The quantitative estimate of drug-likeness (QED) is 0.735. The van der Waals surface area contributed by atoms with Gasteiger partial charge in [-0.3, -0.25) is 9.48 Å². The number of amides is 1. The van der Waals surface area contributed by atoms with Gasteiger partial charge in [0.25, 0.3) is 0 Å². The molecule has 1 aromatic rings. The number of carbonyl (C=O) groups is 1. The van der Waals surface area contributed by atoms with Crippen molar-refractivity contribution in [3.8, 4) is 0 Å². The van der Waals surface area contributed by atoms with Crippen molar-refractivity contribution >= 4 is 5.91 Å². The molecular weight excluding hydrogens is 246 g/mol. The number of ether oxygens (including phenoxy) is 1. The van der Waals surface area contributed by atoms with Gasteiger partial charge in [0.2, 0.25) is 5.91 Å². The Kier molecular flexibility index (Phi) is 5.98. The van der Waals surface area contributed by atoms with Gasteiger partial charge in [-0.1, -0.05) is 0 Å². The third-order valence-corrected chi connectivity index (χ3v) is 3.15. The zero-order valence-electron chi connectivity index (χ0n) is 12.1. The van der Waals surface area contributed by atoms with E-state index in [-0.39, 0.29) is 19.1 Å². The van der Waals surface area contributed by atoms with Crippen LogP contribution in [-0.4, -0.2) is 47.2 Å². The predicted molar refractivity (Wildman–Crippen MR) is 71.9 cm³/mol. The van der Waals surface area contributed by atoms with Crippen molar-refractivity contribution in [1.29, 1.82) is 0 Å². The second-order valence-corrected chi connectivity index (χ2v) is 4.69. The normalized spacial score (nSPS) is 12.5. The first-order valence-corrected chi connectivity index (χ1v) is 6.38. The van der Waals surface area contributed by atoms with E-state index in [0.29, 0.717) is 12.8 Å². The average molecular weight is 269 g/mol. The van der Waals surface area contributed by atoms with Gasteiger partial charge < -0.3 is 15.2 Å². The first kappa shape index (κ1) is 15.7. The first-order chi connectivity index (χ1) is 8.95. The van der Waals surface area contributed by atoms with Crippen molar-refractivity contribution in [2.45, 2.75) is 32.8 Å². The molecule has 6 nitrogen and oxygen atoms in total. The predicted octanol–water partition coefficient (Wildman–Crippen LogP) is 0.0930. The van der Waals surface area contributed by atoms with Crippen LogP contribution in [0.3, 0.4) is 0 Å². The zero-order valence-corrected chi connectivity index (χ0v) is 12.1. The van der Waals surface area contributed by atoms with E-state index in [2.05, 4.69) is 10.4 Å². The Labute approximate surface area is 113 Å². The molecular formula is C13H23N3O3. The lowest BCUT2D eigenvalue weighted by Crippen LogP contribution is -2.34. The number of aromatic nitrogens is 2. The zero-order chi connectivity index (χ0) is 14.4. The summed E-state index contributed by atoms with van der Waals surface area (Å²) in [5.41, 5.74) is 3.17. The number of nitrogens with one attached hydrogen (secondary N) is 1. The molecule has 0 bridgehead atoms. The summed E-state index contributed by atoms with van der Waals surface area (Å²) in [5, 5.41) is 16.4. The van der Waals surface area contributed by atoms with E-state index in [0.717, 1.165) is 17.0 Å². The van der Waals surface area contributed by atoms with Crippen LogP contribution in [0.5, 0.6) is 0 Å². The summed E-state index contributed by atoms with van der Waals surface area (Å²) >= 11 is 0. The Morgan fingerprint density at radius 3 is 2.74 bits per heavy atom. The van der Waals surface area contributed by atoms with Crippen LogP contribution in [0.25, 0.3) is 0 Å². The van der Waals surface area contributed by atoms with Crippen LogP contribution in [-0.2, 0) is 23.0 Å². The van der Waals surface area contributed by atoms with E-state index >= 15 is 0 Å². The Morgan fingerprint density at radius 1 is 1.53 bits per heavy atom. The van der Waals surface area contributed by atoms with E-state index in [1.165, 1.54) is 7.11 Å². The molecule has 2 N–H and O–H groups in total. The maximum Gasteiger partial charge on any atom is 0.220 e. The van der Waals surface area contributed by atoms with Gasteiger partial charge in [-0.15, -0.1) is 0 Å². The molecule has 1 rings (SSSR count). The highest BCUT2D eigenvalue weighted by atomic mass is 16.5. The Bertz CT molecular complexity index is 429. The third-order valence-electron chi connectivity index (χ3n) is 3.15. The molecule has 0 aliphatic heterocycles. The summed E-state index contributed by atoms with van der Waals surface area (Å²) in [5.74, 6) is -0.0715. The molecule has 0 aliphatic carbocycles. The van der Waals surface area contributed by atoms with Crippen LogP contribution < -0.4 is 5.32 Å². The second kappa shape index (κ2) is 7.25. The fourth-order valence-corrected chi connectivity index (χ4v) is 1.99. The topological polar surface area (TPSA) is 76.4 Å².